The number of piperidine rings is 1. The van der Waals surface area contributed by atoms with Crippen molar-refractivity contribution in [2.75, 3.05) is 18.0 Å². The Kier molecular flexibility index (Phi) is 4.58. The average Bonchev–Trinajstić information content (AvgIpc) is 2.46. The molecule has 2 rings (SSSR count). The van der Waals surface area contributed by atoms with E-state index in [0.717, 1.165) is 11.3 Å². The highest BCUT2D eigenvalue weighted by molar-refractivity contribution is 5.48. The predicted molar refractivity (Wildman–Crippen MR) is 72.7 cm³/mol. The van der Waals surface area contributed by atoms with E-state index in [0.29, 0.717) is 19.4 Å². The average molecular weight is 287 g/mol. The van der Waals surface area contributed by atoms with Crippen LogP contribution in [0, 0.1) is 5.92 Å². The third-order valence-electron chi connectivity index (χ3n) is 3.91. The van der Waals surface area contributed by atoms with Crippen LogP contribution in [0.2, 0.25) is 0 Å². The molecule has 1 aliphatic heterocycles. The Bertz CT molecular complexity index is 430. The molecule has 1 unspecified atom stereocenters. The number of alkyl halides is 3. The van der Waals surface area contributed by atoms with E-state index in [1.807, 2.05) is 6.92 Å². The Balaban J connectivity index is 2.07. The molecule has 1 N–H and O–H groups in total. The Morgan fingerprint density at radius 2 is 1.95 bits per heavy atom. The van der Waals surface area contributed by atoms with Crippen molar-refractivity contribution in [3.8, 4) is 0 Å². The van der Waals surface area contributed by atoms with Crippen molar-refractivity contribution in [3.05, 3.63) is 29.8 Å². The third-order valence-corrected chi connectivity index (χ3v) is 3.91. The Hall–Kier alpha value is -1.23. The summed E-state index contributed by atoms with van der Waals surface area (Å²) in [6.45, 7) is 2.57. The minimum absolute atomic E-state index is 0.0270. The Labute approximate surface area is 117 Å². The molecule has 1 saturated heterocycles. The molecule has 2 atom stereocenters. The Morgan fingerprint density at radius 3 is 2.50 bits per heavy atom. The first-order valence-corrected chi connectivity index (χ1v) is 7.01. The van der Waals surface area contributed by atoms with Crippen molar-refractivity contribution >= 4 is 5.69 Å². The zero-order chi connectivity index (χ0) is 14.8. The second-order valence-electron chi connectivity index (χ2n) is 5.34. The van der Waals surface area contributed by atoms with Crippen LogP contribution >= 0.6 is 0 Å². The van der Waals surface area contributed by atoms with Gasteiger partial charge in [-0.05, 0) is 37.0 Å². The van der Waals surface area contributed by atoms with Gasteiger partial charge in [0, 0.05) is 18.8 Å². The summed E-state index contributed by atoms with van der Waals surface area (Å²) in [6.07, 6.45) is -3.22. The number of aliphatic hydroxyl groups excluding tert-OH is 1. The first-order valence-electron chi connectivity index (χ1n) is 7.01. The summed E-state index contributed by atoms with van der Waals surface area (Å²) in [5.41, 5.74) is 1.60. The van der Waals surface area contributed by atoms with Crippen LogP contribution in [0.3, 0.4) is 0 Å². The maximum atomic E-state index is 12.8. The van der Waals surface area contributed by atoms with Gasteiger partial charge in [0.05, 0.1) is 12.0 Å². The van der Waals surface area contributed by atoms with E-state index in [-0.39, 0.29) is 13.0 Å². The number of hydrogen-bond acceptors (Lipinski definition) is 2. The van der Waals surface area contributed by atoms with E-state index >= 15 is 0 Å². The van der Waals surface area contributed by atoms with Crippen LogP contribution in [-0.4, -0.2) is 24.4 Å². The normalized spacial score (nSPS) is 21.9. The van der Waals surface area contributed by atoms with Crippen LogP contribution in [0.1, 0.15) is 37.9 Å². The summed E-state index contributed by atoms with van der Waals surface area (Å²) in [5, 5.41) is 9.72. The third kappa shape index (κ3) is 3.45. The summed E-state index contributed by atoms with van der Waals surface area (Å²) < 4.78 is 38.4. The van der Waals surface area contributed by atoms with E-state index in [9.17, 15) is 18.3 Å². The number of anilines is 1. The number of benzene rings is 1. The molecule has 2 nitrogen and oxygen atoms in total. The minimum atomic E-state index is -4.11. The largest absolute Gasteiger partial charge is 0.393 e. The van der Waals surface area contributed by atoms with E-state index in [1.54, 1.807) is 29.2 Å². The molecule has 1 aliphatic rings. The van der Waals surface area contributed by atoms with Gasteiger partial charge in [0.2, 0.25) is 0 Å². The van der Waals surface area contributed by atoms with E-state index in [2.05, 4.69) is 0 Å². The SMILES string of the molecule is CC[C@H](O)c1ccc(N2CCCC(C(F)(F)F)C2)cc1. The molecule has 0 saturated carbocycles. The molecule has 20 heavy (non-hydrogen) atoms. The first kappa shape index (κ1) is 15.2. The summed E-state index contributed by atoms with van der Waals surface area (Å²) in [7, 11) is 0. The van der Waals surface area contributed by atoms with Crippen molar-refractivity contribution in [1.29, 1.82) is 0 Å². The zero-order valence-electron chi connectivity index (χ0n) is 11.5. The second kappa shape index (κ2) is 6.04. The summed E-state index contributed by atoms with van der Waals surface area (Å²) >= 11 is 0. The maximum Gasteiger partial charge on any atom is 0.393 e. The molecular formula is C15H20F3NO. The molecule has 0 bridgehead atoms. The van der Waals surface area contributed by atoms with Gasteiger partial charge in [0.1, 0.15) is 0 Å². The minimum Gasteiger partial charge on any atom is -0.388 e. The molecule has 0 aromatic heterocycles. The van der Waals surface area contributed by atoms with Gasteiger partial charge >= 0.3 is 6.18 Å². The van der Waals surface area contributed by atoms with Crippen molar-refractivity contribution in [3.63, 3.8) is 0 Å². The molecule has 1 aromatic rings. The lowest BCUT2D eigenvalue weighted by Gasteiger charge is -2.35. The number of halogens is 3. The molecule has 0 amide bonds. The van der Waals surface area contributed by atoms with Gasteiger partial charge in [-0.25, -0.2) is 0 Å². The van der Waals surface area contributed by atoms with Crippen LogP contribution in [0.5, 0.6) is 0 Å². The quantitative estimate of drug-likeness (QED) is 0.911. The van der Waals surface area contributed by atoms with E-state index in [4.69, 9.17) is 0 Å². The van der Waals surface area contributed by atoms with Crippen LogP contribution in [0.25, 0.3) is 0 Å². The van der Waals surface area contributed by atoms with Crippen LogP contribution in [0.15, 0.2) is 24.3 Å². The van der Waals surface area contributed by atoms with Crippen molar-refractivity contribution in [2.24, 2.45) is 5.92 Å². The molecule has 0 aliphatic carbocycles. The van der Waals surface area contributed by atoms with E-state index < -0.39 is 18.2 Å². The summed E-state index contributed by atoms with van der Waals surface area (Å²) in [6, 6.07) is 7.18. The standard InChI is InChI=1S/C15H20F3NO/c1-2-14(20)11-5-7-13(8-6-11)19-9-3-4-12(10-19)15(16,17)18/h5-8,12,14,20H,2-4,9-10H2,1H3/t12?,14-/m0/s1. The van der Waals surface area contributed by atoms with Gasteiger partial charge < -0.3 is 10.0 Å². The molecule has 0 radical (unpaired) electrons. The van der Waals surface area contributed by atoms with Crippen LogP contribution in [-0.2, 0) is 0 Å². The lowest BCUT2D eigenvalue weighted by Crippen LogP contribution is -2.41. The molecule has 1 fully saturated rings. The van der Waals surface area contributed by atoms with Gasteiger partial charge in [-0.1, -0.05) is 19.1 Å². The fraction of sp³-hybridized carbons (Fsp3) is 0.600. The smallest absolute Gasteiger partial charge is 0.388 e. The summed E-state index contributed by atoms with van der Waals surface area (Å²) in [4.78, 5) is 1.78. The molecule has 1 aromatic carbocycles. The number of aliphatic hydroxyl groups is 1. The number of hydrogen-bond donors (Lipinski definition) is 1. The maximum absolute atomic E-state index is 12.8. The van der Waals surface area contributed by atoms with E-state index in [1.165, 1.54) is 0 Å². The highest BCUT2D eigenvalue weighted by atomic mass is 19.4. The predicted octanol–water partition coefficient (Wildman–Crippen LogP) is 3.91. The first-order chi connectivity index (χ1) is 9.41. The molecule has 1 heterocycles. The van der Waals surface area contributed by atoms with Crippen molar-refractivity contribution in [1.82, 2.24) is 0 Å². The number of nitrogens with zero attached hydrogens (tertiary/aromatic N) is 1. The lowest BCUT2D eigenvalue weighted by molar-refractivity contribution is -0.175. The van der Waals surface area contributed by atoms with Crippen molar-refractivity contribution in [2.45, 2.75) is 38.5 Å². The highest BCUT2D eigenvalue weighted by Gasteiger charge is 2.41. The zero-order valence-corrected chi connectivity index (χ0v) is 11.5. The fourth-order valence-corrected chi connectivity index (χ4v) is 2.62. The van der Waals surface area contributed by atoms with Crippen LogP contribution in [0.4, 0.5) is 18.9 Å². The van der Waals surface area contributed by atoms with Crippen molar-refractivity contribution < 1.29 is 18.3 Å². The van der Waals surface area contributed by atoms with Gasteiger partial charge in [-0.15, -0.1) is 0 Å². The fourth-order valence-electron chi connectivity index (χ4n) is 2.62. The topological polar surface area (TPSA) is 23.5 Å². The molecule has 112 valence electrons. The lowest BCUT2D eigenvalue weighted by atomic mass is 9.96. The van der Waals surface area contributed by atoms with Crippen LogP contribution < -0.4 is 4.90 Å². The highest BCUT2D eigenvalue weighted by Crippen LogP contribution is 2.35. The number of rotatable bonds is 3. The monoisotopic (exact) mass is 287 g/mol. The molecular weight excluding hydrogens is 267 g/mol. The van der Waals surface area contributed by atoms with Gasteiger partial charge in [-0.2, -0.15) is 13.2 Å². The summed E-state index contributed by atoms with van der Waals surface area (Å²) in [5.74, 6) is -1.24. The second-order valence-corrected chi connectivity index (χ2v) is 5.34. The Morgan fingerprint density at radius 1 is 1.30 bits per heavy atom. The van der Waals surface area contributed by atoms with Gasteiger partial charge in [0.25, 0.3) is 0 Å². The van der Waals surface area contributed by atoms with Gasteiger partial charge in [0.15, 0.2) is 0 Å². The molecule has 5 heteroatoms. The van der Waals surface area contributed by atoms with Gasteiger partial charge in [-0.3, -0.25) is 0 Å². The molecule has 0 spiro atoms.